The van der Waals surface area contributed by atoms with Gasteiger partial charge in [0.05, 0.1) is 5.38 Å². The van der Waals surface area contributed by atoms with Gasteiger partial charge in [-0.15, -0.1) is 17.9 Å². The molecular formula is C14H13ClN2O4S2. The number of ether oxygens (including phenoxy) is 1. The Morgan fingerprint density at radius 2 is 2.17 bits per heavy atom. The summed E-state index contributed by atoms with van der Waals surface area (Å²) in [6.07, 6.45) is 1.28. The number of nitrogens with one attached hydrogen (secondary N) is 1. The van der Waals surface area contributed by atoms with Gasteiger partial charge in [0.2, 0.25) is 15.9 Å². The summed E-state index contributed by atoms with van der Waals surface area (Å²) in [6, 6.07) is 6.61. The zero-order valence-electron chi connectivity index (χ0n) is 12.0. The summed E-state index contributed by atoms with van der Waals surface area (Å²) in [6.45, 7) is 4.80. The van der Waals surface area contributed by atoms with E-state index >= 15 is 0 Å². The molecule has 122 valence electrons. The van der Waals surface area contributed by atoms with E-state index in [1.165, 1.54) is 18.4 Å². The molecule has 0 spiro atoms. The Morgan fingerprint density at radius 1 is 1.48 bits per heavy atom. The van der Waals surface area contributed by atoms with Gasteiger partial charge in [-0.2, -0.15) is 4.98 Å². The Kier molecular flexibility index (Phi) is 5.40. The van der Waals surface area contributed by atoms with Crippen LogP contribution in [0.15, 0.2) is 42.3 Å². The van der Waals surface area contributed by atoms with Crippen LogP contribution in [0.2, 0.25) is 5.02 Å². The number of anilines is 1. The van der Waals surface area contributed by atoms with Gasteiger partial charge in [-0.3, -0.25) is 9.52 Å². The Morgan fingerprint density at radius 3 is 2.78 bits per heavy atom. The minimum absolute atomic E-state index is 0.0353. The smallest absolute Gasteiger partial charge is 0.309 e. The van der Waals surface area contributed by atoms with Gasteiger partial charge in [-0.1, -0.05) is 35.9 Å². The molecule has 9 heteroatoms. The van der Waals surface area contributed by atoms with E-state index in [1.807, 2.05) is 0 Å². The lowest BCUT2D eigenvalue weighted by Crippen LogP contribution is -2.20. The van der Waals surface area contributed by atoms with Crippen molar-refractivity contribution in [1.29, 1.82) is 0 Å². The van der Waals surface area contributed by atoms with E-state index in [4.69, 9.17) is 16.3 Å². The summed E-state index contributed by atoms with van der Waals surface area (Å²) in [5.41, 5.74) is 0.411. The lowest BCUT2D eigenvalue weighted by molar-refractivity contribution is -0.132. The van der Waals surface area contributed by atoms with Crippen LogP contribution in [0.25, 0.3) is 0 Å². The third-order valence-electron chi connectivity index (χ3n) is 2.72. The normalized spacial score (nSPS) is 12.4. The fraction of sp³-hybridized carbons (Fsp3) is 0.143. The van der Waals surface area contributed by atoms with Gasteiger partial charge in [0.25, 0.3) is 0 Å². The molecule has 0 bridgehead atoms. The first kappa shape index (κ1) is 17.5. The van der Waals surface area contributed by atoms with E-state index in [1.54, 1.807) is 24.3 Å². The minimum Gasteiger partial charge on any atom is -0.407 e. The Bertz CT molecular complexity index is 833. The van der Waals surface area contributed by atoms with Crippen LogP contribution in [0, 0.1) is 0 Å². The van der Waals surface area contributed by atoms with Crippen LogP contribution in [0.4, 0.5) is 5.13 Å². The summed E-state index contributed by atoms with van der Waals surface area (Å²) in [5.74, 6) is -0.502. The molecule has 0 aliphatic rings. The Hall–Kier alpha value is -1.90. The Labute approximate surface area is 142 Å². The maximum atomic E-state index is 12.5. The first-order valence-electron chi connectivity index (χ1n) is 6.36. The van der Waals surface area contributed by atoms with Crippen LogP contribution in [0.1, 0.15) is 17.7 Å². The number of sulfonamides is 1. The molecular weight excluding hydrogens is 360 g/mol. The van der Waals surface area contributed by atoms with Crippen molar-refractivity contribution in [1.82, 2.24) is 4.98 Å². The third-order valence-corrected chi connectivity index (χ3v) is 5.52. The van der Waals surface area contributed by atoms with Gasteiger partial charge in [0.15, 0.2) is 5.13 Å². The molecule has 2 rings (SSSR count). The molecule has 1 N–H and O–H groups in total. The fourth-order valence-electron chi connectivity index (χ4n) is 1.81. The zero-order valence-corrected chi connectivity index (χ0v) is 14.4. The molecule has 1 heterocycles. The number of esters is 1. The van der Waals surface area contributed by atoms with Crippen LogP contribution >= 0.6 is 22.9 Å². The van der Waals surface area contributed by atoms with Gasteiger partial charge < -0.3 is 4.74 Å². The molecule has 0 aliphatic heterocycles. The first-order valence-corrected chi connectivity index (χ1v) is 9.16. The number of carbonyl (C=O) groups excluding carboxylic acids is 1. The van der Waals surface area contributed by atoms with Crippen molar-refractivity contribution in [2.75, 3.05) is 4.72 Å². The van der Waals surface area contributed by atoms with Crippen LogP contribution in [-0.2, 0) is 14.8 Å². The van der Waals surface area contributed by atoms with E-state index in [-0.39, 0.29) is 11.0 Å². The molecule has 0 fully saturated rings. The van der Waals surface area contributed by atoms with E-state index in [9.17, 15) is 13.2 Å². The van der Waals surface area contributed by atoms with Crippen LogP contribution in [0.5, 0.6) is 5.88 Å². The zero-order chi connectivity index (χ0) is 17.0. The van der Waals surface area contributed by atoms with Crippen molar-refractivity contribution in [2.45, 2.75) is 12.2 Å². The summed E-state index contributed by atoms with van der Waals surface area (Å²) in [4.78, 5) is 14.7. The number of halogens is 1. The molecule has 1 aromatic heterocycles. The maximum Gasteiger partial charge on any atom is 0.309 e. The number of thiazole rings is 1. The van der Waals surface area contributed by atoms with E-state index in [2.05, 4.69) is 16.3 Å². The average Bonchev–Trinajstić information content (AvgIpc) is 2.87. The SMILES string of the molecule is C=CC(c1ccccc1Cl)S(=O)(=O)Nc1nc(OC(C)=O)cs1. The second-order valence-electron chi connectivity index (χ2n) is 4.41. The van der Waals surface area contributed by atoms with Crippen molar-refractivity contribution in [3.8, 4) is 5.88 Å². The first-order chi connectivity index (χ1) is 10.8. The number of nitrogens with zero attached hydrogens (tertiary/aromatic N) is 1. The molecule has 0 radical (unpaired) electrons. The highest BCUT2D eigenvalue weighted by molar-refractivity contribution is 7.93. The molecule has 1 aromatic carbocycles. The summed E-state index contributed by atoms with van der Waals surface area (Å²) >= 11 is 7.06. The topological polar surface area (TPSA) is 85.4 Å². The number of rotatable bonds is 6. The quantitative estimate of drug-likeness (QED) is 0.620. The van der Waals surface area contributed by atoms with Gasteiger partial charge in [-0.05, 0) is 11.6 Å². The highest BCUT2D eigenvalue weighted by atomic mass is 35.5. The minimum atomic E-state index is -3.86. The largest absolute Gasteiger partial charge is 0.407 e. The highest BCUT2D eigenvalue weighted by Gasteiger charge is 2.27. The molecule has 6 nitrogen and oxygen atoms in total. The van der Waals surface area contributed by atoms with Crippen molar-refractivity contribution in [2.24, 2.45) is 0 Å². The molecule has 1 unspecified atom stereocenters. The van der Waals surface area contributed by atoms with Crippen molar-refractivity contribution in [3.63, 3.8) is 0 Å². The Balaban J connectivity index is 2.26. The molecule has 0 aliphatic carbocycles. The average molecular weight is 373 g/mol. The van der Waals surface area contributed by atoms with E-state index < -0.39 is 21.2 Å². The molecule has 0 saturated heterocycles. The van der Waals surface area contributed by atoms with Crippen LogP contribution < -0.4 is 9.46 Å². The second-order valence-corrected chi connectivity index (χ2v) is 7.48. The van der Waals surface area contributed by atoms with Crippen LogP contribution in [0.3, 0.4) is 0 Å². The van der Waals surface area contributed by atoms with E-state index in [0.717, 1.165) is 11.3 Å². The predicted molar refractivity (Wildman–Crippen MR) is 90.4 cm³/mol. The second kappa shape index (κ2) is 7.12. The standard InChI is InChI=1S/C14H13ClN2O4S2/c1-3-12(10-6-4-5-7-11(10)15)23(19,20)17-14-16-13(8-22-14)21-9(2)18/h3-8,12H,1H2,2H3,(H,16,17). The van der Waals surface area contributed by atoms with Crippen molar-refractivity contribution in [3.05, 3.63) is 52.9 Å². The molecule has 23 heavy (non-hydrogen) atoms. The number of aromatic nitrogens is 1. The summed E-state index contributed by atoms with van der Waals surface area (Å²) in [7, 11) is -3.86. The van der Waals surface area contributed by atoms with Gasteiger partial charge >= 0.3 is 5.97 Å². The van der Waals surface area contributed by atoms with Gasteiger partial charge in [0.1, 0.15) is 5.25 Å². The number of hydrogen-bond donors (Lipinski definition) is 1. The summed E-state index contributed by atoms with van der Waals surface area (Å²) in [5, 5.41) is 0.789. The van der Waals surface area contributed by atoms with E-state index in [0.29, 0.717) is 10.6 Å². The van der Waals surface area contributed by atoms with Gasteiger partial charge in [0, 0.05) is 11.9 Å². The third kappa shape index (κ3) is 4.31. The lowest BCUT2D eigenvalue weighted by Gasteiger charge is -2.15. The molecule has 0 amide bonds. The lowest BCUT2D eigenvalue weighted by atomic mass is 10.1. The molecule has 1 atom stereocenters. The van der Waals surface area contributed by atoms with Crippen molar-refractivity contribution < 1.29 is 17.9 Å². The van der Waals surface area contributed by atoms with Crippen LogP contribution in [-0.4, -0.2) is 19.4 Å². The fourth-order valence-corrected chi connectivity index (χ4v) is 4.34. The summed E-state index contributed by atoms with van der Waals surface area (Å²) < 4.78 is 32.2. The highest BCUT2D eigenvalue weighted by Crippen LogP contribution is 2.32. The predicted octanol–water partition coefficient (Wildman–Crippen LogP) is 3.39. The van der Waals surface area contributed by atoms with Gasteiger partial charge in [-0.25, -0.2) is 8.42 Å². The molecule has 0 saturated carbocycles. The maximum absolute atomic E-state index is 12.5. The number of hydrogen-bond acceptors (Lipinski definition) is 6. The molecule has 2 aromatic rings. The number of benzene rings is 1. The van der Waals surface area contributed by atoms with Crippen molar-refractivity contribution >= 4 is 44.1 Å². The number of carbonyl (C=O) groups is 1. The monoisotopic (exact) mass is 372 g/mol.